The van der Waals surface area contributed by atoms with Crippen LogP contribution in [0.4, 0.5) is 0 Å². The van der Waals surface area contributed by atoms with Gasteiger partial charge < -0.3 is 9.47 Å². The second-order valence-corrected chi connectivity index (χ2v) is 4.14. The van der Waals surface area contributed by atoms with Crippen LogP contribution in [0.1, 0.15) is 12.0 Å². The molecule has 0 unspecified atom stereocenters. The van der Waals surface area contributed by atoms with Gasteiger partial charge in [-0.2, -0.15) is 0 Å². The van der Waals surface area contributed by atoms with Gasteiger partial charge in [0.05, 0.1) is 25.4 Å². The minimum Gasteiger partial charge on any atom is -0.376 e. The third-order valence-corrected chi connectivity index (χ3v) is 3.06. The topological polar surface area (TPSA) is 21.8 Å². The molecule has 3 rings (SSSR count). The van der Waals surface area contributed by atoms with Crippen molar-refractivity contribution in [3.8, 4) is 0 Å². The van der Waals surface area contributed by atoms with E-state index in [0.717, 1.165) is 13.2 Å². The van der Waals surface area contributed by atoms with Gasteiger partial charge in [-0.25, -0.2) is 0 Å². The molecule has 0 spiro atoms. The quantitative estimate of drug-likeness (QED) is 0.677. The molecule has 0 aromatic heterocycles. The molecule has 2 nitrogen and oxygen atoms in total. The highest BCUT2D eigenvalue weighted by molar-refractivity contribution is 5.13. The van der Waals surface area contributed by atoms with Gasteiger partial charge in [0, 0.05) is 5.92 Å². The van der Waals surface area contributed by atoms with Gasteiger partial charge in [0.1, 0.15) is 0 Å². The first-order valence-corrected chi connectivity index (χ1v) is 5.20. The lowest BCUT2D eigenvalue weighted by atomic mass is 9.86. The van der Waals surface area contributed by atoms with Gasteiger partial charge in [0.25, 0.3) is 0 Å². The minimum absolute atomic E-state index is 0.547. The molecule has 1 saturated heterocycles. The largest absolute Gasteiger partial charge is 0.376 e. The first-order valence-electron chi connectivity index (χ1n) is 5.20. The lowest BCUT2D eigenvalue weighted by Crippen LogP contribution is -2.27. The third-order valence-electron chi connectivity index (χ3n) is 3.06. The second kappa shape index (κ2) is 3.37. The zero-order valence-electron chi connectivity index (χ0n) is 8.06. The first kappa shape index (κ1) is 8.45. The van der Waals surface area contributed by atoms with Gasteiger partial charge in [-0.05, 0) is 12.0 Å². The molecule has 0 bridgehead atoms. The maximum atomic E-state index is 5.64. The number of fused-ring (bicyclic) bond motifs is 1. The molecular weight excluding hydrogens is 176 g/mol. The van der Waals surface area contributed by atoms with Crippen molar-refractivity contribution in [1.82, 2.24) is 0 Å². The highest BCUT2D eigenvalue weighted by Gasteiger charge is 2.55. The van der Waals surface area contributed by atoms with Crippen molar-refractivity contribution in [1.29, 1.82) is 0 Å². The molecule has 2 aliphatic rings. The molecule has 0 amide bonds. The molecule has 1 aliphatic carbocycles. The van der Waals surface area contributed by atoms with Crippen LogP contribution in [-0.4, -0.2) is 18.8 Å². The summed E-state index contributed by atoms with van der Waals surface area (Å²) >= 11 is 0. The first-order chi connectivity index (χ1) is 6.93. The molecule has 3 atom stereocenters. The van der Waals surface area contributed by atoms with E-state index in [0.29, 0.717) is 18.1 Å². The normalized spacial score (nSPS) is 33.3. The lowest BCUT2D eigenvalue weighted by Gasteiger charge is -2.19. The van der Waals surface area contributed by atoms with Gasteiger partial charge in [-0.15, -0.1) is 0 Å². The van der Waals surface area contributed by atoms with Gasteiger partial charge in [0.15, 0.2) is 0 Å². The molecule has 1 aromatic carbocycles. The summed E-state index contributed by atoms with van der Waals surface area (Å²) in [6.45, 7) is 1.59. The van der Waals surface area contributed by atoms with Crippen LogP contribution in [0.15, 0.2) is 30.3 Å². The molecule has 74 valence electrons. The Labute approximate surface area is 83.8 Å². The molecular formula is C12H14O2. The zero-order valence-corrected chi connectivity index (χ0v) is 8.06. The Morgan fingerprint density at radius 2 is 2.14 bits per heavy atom. The van der Waals surface area contributed by atoms with Crippen molar-refractivity contribution in [2.24, 2.45) is 5.92 Å². The van der Waals surface area contributed by atoms with Crippen molar-refractivity contribution in [2.75, 3.05) is 6.61 Å². The van der Waals surface area contributed by atoms with E-state index in [1.807, 2.05) is 18.2 Å². The Bertz CT molecular complexity index is 309. The number of benzene rings is 1. The van der Waals surface area contributed by atoms with Gasteiger partial charge in [0.2, 0.25) is 0 Å². The van der Waals surface area contributed by atoms with Crippen molar-refractivity contribution in [3.63, 3.8) is 0 Å². The van der Waals surface area contributed by atoms with Gasteiger partial charge in [-0.3, -0.25) is 0 Å². The summed E-state index contributed by atoms with van der Waals surface area (Å²) in [6.07, 6.45) is 2.35. The van der Waals surface area contributed by atoms with E-state index in [1.54, 1.807) is 0 Å². The number of epoxide rings is 1. The predicted molar refractivity (Wildman–Crippen MR) is 52.9 cm³/mol. The van der Waals surface area contributed by atoms with Crippen molar-refractivity contribution in [2.45, 2.75) is 25.2 Å². The van der Waals surface area contributed by atoms with E-state index in [4.69, 9.17) is 9.47 Å². The smallest absolute Gasteiger partial charge is 0.0893 e. The fraction of sp³-hybridized carbons (Fsp3) is 0.500. The van der Waals surface area contributed by atoms with Gasteiger partial charge >= 0.3 is 0 Å². The summed E-state index contributed by atoms with van der Waals surface area (Å²) in [5.41, 5.74) is 1.25. The molecule has 14 heavy (non-hydrogen) atoms. The van der Waals surface area contributed by atoms with Crippen LogP contribution in [0, 0.1) is 5.92 Å². The predicted octanol–water partition coefficient (Wildman–Crippen LogP) is 1.99. The van der Waals surface area contributed by atoms with Crippen LogP contribution in [0.2, 0.25) is 0 Å². The molecule has 2 heteroatoms. The Kier molecular flexibility index (Phi) is 2.03. The van der Waals surface area contributed by atoms with Crippen LogP contribution >= 0.6 is 0 Å². The maximum absolute atomic E-state index is 5.64. The second-order valence-electron chi connectivity index (χ2n) is 4.14. The van der Waals surface area contributed by atoms with Crippen LogP contribution < -0.4 is 0 Å². The molecule has 0 radical (unpaired) electrons. The molecule has 2 fully saturated rings. The summed E-state index contributed by atoms with van der Waals surface area (Å²) in [6, 6.07) is 10.3. The van der Waals surface area contributed by atoms with Crippen LogP contribution in [0.3, 0.4) is 0 Å². The van der Waals surface area contributed by atoms with Crippen LogP contribution in [-0.2, 0) is 16.1 Å². The summed E-state index contributed by atoms with van der Waals surface area (Å²) in [7, 11) is 0. The fourth-order valence-electron chi connectivity index (χ4n) is 2.06. The SMILES string of the molecule is c1ccc(COC[C@H]2C[C@H]3O[C@@H]23)cc1. The van der Waals surface area contributed by atoms with E-state index in [2.05, 4.69) is 12.1 Å². The number of hydrogen-bond donors (Lipinski definition) is 0. The van der Waals surface area contributed by atoms with Crippen LogP contribution in [0.25, 0.3) is 0 Å². The third kappa shape index (κ3) is 1.56. The Morgan fingerprint density at radius 1 is 1.29 bits per heavy atom. The summed E-state index contributed by atoms with van der Waals surface area (Å²) in [5.74, 6) is 0.670. The van der Waals surface area contributed by atoms with Crippen molar-refractivity contribution >= 4 is 0 Å². The average molecular weight is 190 g/mol. The molecule has 1 saturated carbocycles. The zero-order chi connectivity index (χ0) is 9.38. The van der Waals surface area contributed by atoms with Gasteiger partial charge in [-0.1, -0.05) is 30.3 Å². The van der Waals surface area contributed by atoms with E-state index in [-0.39, 0.29) is 0 Å². The van der Waals surface area contributed by atoms with E-state index < -0.39 is 0 Å². The standard InChI is InChI=1S/C12H14O2/c1-2-4-9(5-3-1)7-13-8-10-6-11-12(10)14-11/h1-5,10-12H,6-8H2/t10-,11-,12+/m1/s1. The highest BCUT2D eigenvalue weighted by atomic mass is 16.6. The van der Waals surface area contributed by atoms with E-state index in [9.17, 15) is 0 Å². The van der Waals surface area contributed by atoms with Crippen LogP contribution in [0.5, 0.6) is 0 Å². The monoisotopic (exact) mass is 190 g/mol. The molecule has 0 N–H and O–H groups in total. The summed E-state index contributed by atoms with van der Waals surface area (Å²) in [4.78, 5) is 0. The fourth-order valence-corrected chi connectivity index (χ4v) is 2.06. The Balaban J connectivity index is 1.42. The summed E-state index contributed by atoms with van der Waals surface area (Å²) in [5, 5.41) is 0. The van der Waals surface area contributed by atoms with Crippen molar-refractivity contribution < 1.29 is 9.47 Å². The van der Waals surface area contributed by atoms with E-state index >= 15 is 0 Å². The minimum atomic E-state index is 0.547. The average Bonchev–Trinajstić information content (AvgIpc) is 2.86. The number of ether oxygens (including phenoxy) is 2. The maximum Gasteiger partial charge on any atom is 0.0893 e. The molecule has 1 aromatic rings. The lowest BCUT2D eigenvalue weighted by molar-refractivity contribution is 0.0697. The molecule has 1 aliphatic heterocycles. The number of hydrogen-bond acceptors (Lipinski definition) is 2. The van der Waals surface area contributed by atoms with E-state index in [1.165, 1.54) is 12.0 Å². The number of rotatable bonds is 4. The highest BCUT2D eigenvalue weighted by Crippen LogP contribution is 2.46. The molecule has 1 heterocycles. The summed E-state index contributed by atoms with van der Waals surface area (Å²) < 4.78 is 11.0. The van der Waals surface area contributed by atoms with Crippen molar-refractivity contribution in [3.05, 3.63) is 35.9 Å². The Morgan fingerprint density at radius 3 is 2.79 bits per heavy atom. The Hall–Kier alpha value is -0.860.